The average molecular weight is 228 g/mol. The van der Waals surface area contributed by atoms with Crippen LogP contribution in [0.15, 0.2) is 0 Å². The SMILES string of the molecule is CCN(CC)CCOC(=O)N1CCCC1=O. The quantitative estimate of drug-likeness (QED) is 0.706. The zero-order chi connectivity index (χ0) is 12.0. The van der Waals surface area contributed by atoms with Crippen LogP contribution in [0.5, 0.6) is 0 Å². The maximum absolute atomic E-state index is 11.5. The van der Waals surface area contributed by atoms with Crippen LogP contribution in [0, 0.1) is 0 Å². The molecule has 0 aliphatic carbocycles. The summed E-state index contributed by atoms with van der Waals surface area (Å²) in [4.78, 5) is 26.1. The average Bonchev–Trinajstić information content (AvgIpc) is 2.70. The molecule has 2 amide bonds. The number of nitrogens with zero attached hydrogens (tertiary/aromatic N) is 2. The molecule has 0 aromatic rings. The number of amides is 2. The molecule has 1 saturated heterocycles. The van der Waals surface area contributed by atoms with Crippen molar-refractivity contribution in [1.82, 2.24) is 9.80 Å². The van der Waals surface area contributed by atoms with Gasteiger partial charge in [-0.15, -0.1) is 0 Å². The lowest BCUT2D eigenvalue weighted by atomic mass is 10.4. The zero-order valence-electron chi connectivity index (χ0n) is 10.1. The van der Waals surface area contributed by atoms with Crippen LogP contribution in [0.1, 0.15) is 26.7 Å². The Hall–Kier alpha value is -1.10. The van der Waals surface area contributed by atoms with Crippen molar-refractivity contribution < 1.29 is 14.3 Å². The molecule has 0 radical (unpaired) electrons. The number of hydrogen-bond donors (Lipinski definition) is 0. The predicted octanol–water partition coefficient (Wildman–Crippen LogP) is 1.09. The van der Waals surface area contributed by atoms with Crippen LogP contribution >= 0.6 is 0 Å². The van der Waals surface area contributed by atoms with Gasteiger partial charge in [-0.25, -0.2) is 9.69 Å². The molecule has 1 fully saturated rings. The summed E-state index contributed by atoms with van der Waals surface area (Å²) in [6, 6.07) is 0. The molecule has 1 rings (SSSR count). The highest BCUT2D eigenvalue weighted by Gasteiger charge is 2.27. The molecule has 5 nitrogen and oxygen atoms in total. The number of hydrogen-bond acceptors (Lipinski definition) is 4. The number of imide groups is 1. The molecule has 0 N–H and O–H groups in total. The van der Waals surface area contributed by atoms with Gasteiger partial charge < -0.3 is 9.64 Å². The first-order valence-corrected chi connectivity index (χ1v) is 5.88. The molecule has 0 unspecified atom stereocenters. The maximum atomic E-state index is 11.5. The van der Waals surface area contributed by atoms with Crippen molar-refractivity contribution in [3.05, 3.63) is 0 Å². The number of ether oxygens (including phenoxy) is 1. The first-order chi connectivity index (χ1) is 7.69. The molecule has 0 spiro atoms. The van der Waals surface area contributed by atoms with E-state index in [4.69, 9.17) is 4.74 Å². The van der Waals surface area contributed by atoms with Gasteiger partial charge in [0.2, 0.25) is 5.91 Å². The van der Waals surface area contributed by atoms with E-state index in [0.29, 0.717) is 19.6 Å². The molecule has 0 atom stereocenters. The van der Waals surface area contributed by atoms with Crippen LogP contribution in [0.2, 0.25) is 0 Å². The number of likely N-dealkylation sites (N-methyl/N-ethyl adjacent to an activating group) is 1. The minimum Gasteiger partial charge on any atom is -0.448 e. The number of rotatable bonds is 5. The minimum atomic E-state index is -0.491. The monoisotopic (exact) mass is 228 g/mol. The third-order valence-electron chi connectivity index (χ3n) is 2.82. The van der Waals surface area contributed by atoms with Crippen molar-refractivity contribution in [3.8, 4) is 0 Å². The molecule has 0 aromatic carbocycles. The summed E-state index contributed by atoms with van der Waals surface area (Å²) in [7, 11) is 0. The Morgan fingerprint density at radius 3 is 2.62 bits per heavy atom. The summed E-state index contributed by atoms with van der Waals surface area (Å²) >= 11 is 0. The first-order valence-electron chi connectivity index (χ1n) is 5.88. The van der Waals surface area contributed by atoms with Gasteiger partial charge in [-0.3, -0.25) is 4.79 Å². The van der Waals surface area contributed by atoms with Crippen LogP contribution in [-0.4, -0.2) is 54.6 Å². The summed E-state index contributed by atoms with van der Waals surface area (Å²) in [5, 5.41) is 0. The van der Waals surface area contributed by atoms with E-state index in [1.165, 1.54) is 4.90 Å². The predicted molar refractivity (Wildman–Crippen MR) is 60.1 cm³/mol. The van der Waals surface area contributed by atoms with Gasteiger partial charge in [-0.2, -0.15) is 0 Å². The van der Waals surface area contributed by atoms with Crippen LogP contribution in [0.4, 0.5) is 4.79 Å². The summed E-state index contributed by atoms with van der Waals surface area (Å²) in [6.45, 7) is 7.59. The molecule has 92 valence electrons. The maximum Gasteiger partial charge on any atom is 0.416 e. The molecular formula is C11H20N2O3. The standard InChI is InChI=1S/C11H20N2O3/c1-3-12(4-2)8-9-16-11(15)13-7-5-6-10(13)14/h3-9H2,1-2H3. The van der Waals surface area contributed by atoms with Gasteiger partial charge in [0, 0.05) is 19.5 Å². The molecule has 1 aliphatic rings. The van der Waals surface area contributed by atoms with Crippen LogP contribution in [0.25, 0.3) is 0 Å². The first kappa shape index (κ1) is 13.0. The second-order valence-corrected chi connectivity index (χ2v) is 3.79. The third-order valence-corrected chi connectivity index (χ3v) is 2.82. The van der Waals surface area contributed by atoms with Crippen molar-refractivity contribution >= 4 is 12.0 Å². The summed E-state index contributed by atoms with van der Waals surface area (Å²) in [5.74, 6) is -0.118. The van der Waals surface area contributed by atoms with E-state index in [0.717, 1.165) is 26.1 Å². The highest BCUT2D eigenvalue weighted by atomic mass is 16.6. The van der Waals surface area contributed by atoms with Crippen molar-refractivity contribution in [1.29, 1.82) is 0 Å². The number of likely N-dealkylation sites (tertiary alicyclic amines) is 1. The van der Waals surface area contributed by atoms with Crippen molar-refractivity contribution in [2.45, 2.75) is 26.7 Å². The van der Waals surface area contributed by atoms with Crippen LogP contribution in [0.3, 0.4) is 0 Å². The van der Waals surface area contributed by atoms with E-state index >= 15 is 0 Å². The van der Waals surface area contributed by atoms with Gasteiger partial charge in [0.05, 0.1) is 0 Å². The highest BCUT2D eigenvalue weighted by Crippen LogP contribution is 2.10. The Bertz CT molecular complexity index is 252. The second kappa shape index (κ2) is 6.48. The van der Waals surface area contributed by atoms with Gasteiger partial charge in [0.25, 0.3) is 0 Å². The molecule has 0 bridgehead atoms. The summed E-state index contributed by atoms with van der Waals surface area (Å²) in [6.07, 6.45) is 0.726. The Morgan fingerprint density at radius 1 is 1.44 bits per heavy atom. The lowest BCUT2D eigenvalue weighted by Gasteiger charge is -2.19. The molecular weight excluding hydrogens is 208 g/mol. The van der Waals surface area contributed by atoms with Crippen LogP contribution < -0.4 is 0 Å². The molecule has 1 heterocycles. The smallest absolute Gasteiger partial charge is 0.416 e. The fraction of sp³-hybridized carbons (Fsp3) is 0.818. The zero-order valence-corrected chi connectivity index (χ0v) is 10.1. The Kier molecular flexibility index (Phi) is 5.25. The molecule has 16 heavy (non-hydrogen) atoms. The van der Waals surface area contributed by atoms with E-state index in [2.05, 4.69) is 18.7 Å². The van der Waals surface area contributed by atoms with E-state index in [1.54, 1.807) is 0 Å². The lowest BCUT2D eigenvalue weighted by Crippen LogP contribution is -2.35. The van der Waals surface area contributed by atoms with Gasteiger partial charge in [0.15, 0.2) is 0 Å². The van der Waals surface area contributed by atoms with Gasteiger partial charge in [0.1, 0.15) is 6.61 Å². The second-order valence-electron chi connectivity index (χ2n) is 3.79. The summed E-state index contributed by atoms with van der Waals surface area (Å²) < 4.78 is 5.06. The van der Waals surface area contributed by atoms with E-state index in [1.807, 2.05) is 0 Å². The van der Waals surface area contributed by atoms with Gasteiger partial charge in [-0.05, 0) is 19.5 Å². The lowest BCUT2D eigenvalue weighted by molar-refractivity contribution is -0.126. The highest BCUT2D eigenvalue weighted by molar-refractivity contribution is 5.93. The molecule has 1 aliphatic heterocycles. The summed E-state index contributed by atoms with van der Waals surface area (Å²) in [5.41, 5.74) is 0. The fourth-order valence-corrected chi connectivity index (χ4v) is 1.72. The third kappa shape index (κ3) is 3.48. The largest absolute Gasteiger partial charge is 0.448 e. The number of carbonyl (C=O) groups is 2. The molecule has 0 aromatic heterocycles. The van der Waals surface area contributed by atoms with Gasteiger partial charge in [-0.1, -0.05) is 13.8 Å². The Morgan fingerprint density at radius 2 is 2.12 bits per heavy atom. The van der Waals surface area contributed by atoms with E-state index in [9.17, 15) is 9.59 Å². The van der Waals surface area contributed by atoms with Gasteiger partial charge >= 0.3 is 6.09 Å². The van der Waals surface area contributed by atoms with Crippen molar-refractivity contribution in [2.24, 2.45) is 0 Å². The van der Waals surface area contributed by atoms with Crippen molar-refractivity contribution in [3.63, 3.8) is 0 Å². The van der Waals surface area contributed by atoms with E-state index in [-0.39, 0.29) is 5.91 Å². The van der Waals surface area contributed by atoms with Crippen LogP contribution in [-0.2, 0) is 9.53 Å². The van der Waals surface area contributed by atoms with E-state index < -0.39 is 6.09 Å². The molecule has 0 saturated carbocycles. The topological polar surface area (TPSA) is 49.9 Å². The Labute approximate surface area is 96.3 Å². The number of carbonyl (C=O) groups excluding carboxylic acids is 2. The normalized spacial score (nSPS) is 15.9. The van der Waals surface area contributed by atoms with Crippen molar-refractivity contribution in [2.75, 3.05) is 32.8 Å². The molecule has 5 heteroatoms. The minimum absolute atomic E-state index is 0.118. The fourth-order valence-electron chi connectivity index (χ4n) is 1.72. The Balaban J connectivity index is 2.22.